The molecule has 4 heteroatoms. The topological polar surface area (TPSA) is 50.9 Å². The van der Waals surface area contributed by atoms with Gasteiger partial charge in [-0.15, -0.1) is 0 Å². The second kappa shape index (κ2) is 4.56. The van der Waals surface area contributed by atoms with Gasteiger partial charge in [-0.25, -0.2) is 4.98 Å². The fourth-order valence-electron chi connectivity index (χ4n) is 2.64. The van der Waals surface area contributed by atoms with Gasteiger partial charge in [-0.1, -0.05) is 25.1 Å². The van der Waals surface area contributed by atoms with Crippen molar-refractivity contribution in [2.75, 3.05) is 0 Å². The zero-order chi connectivity index (χ0) is 14.3. The molecular weight excluding hydrogens is 250 g/mol. The van der Waals surface area contributed by atoms with Crippen molar-refractivity contribution in [3.05, 3.63) is 36.3 Å². The first-order valence-corrected chi connectivity index (χ1v) is 6.95. The van der Waals surface area contributed by atoms with Crippen molar-refractivity contribution in [1.82, 2.24) is 14.5 Å². The first kappa shape index (κ1) is 13.1. The molecule has 0 aliphatic rings. The third-order valence-corrected chi connectivity index (χ3v) is 3.42. The zero-order valence-electron chi connectivity index (χ0n) is 12.1. The maximum atomic E-state index is 10.2. The van der Waals surface area contributed by atoms with Gasteiger partial charge in [-0.2, -0.15) is 0 Å². The molecule has 0 amide bonds. The van der Waals surface area contributed by atoms with Crippen molar-refractivity contribution in [3.8, 4) is 0 Å². The molecule has 0 bridgehead atoms. The number of imidazole rings is 1. The third kappa shape index (κ3) is 2.16. The van der Waals surface area contributed by atoms with Gasteiger partial charge in [0, 0.05) is 11.8 Å². The summed E-state index contributed by atoms with van der Waals surface area (Å²) in [6.07, 6.45) is 2.65. The van der Waals surface area contributed by atoms with Crippen LogP contribution in [0, 0.1) is 0 Å². The fourth-order valence-corrected chi connectivity index (χ4v) is 2.64. The fraction of sp³-hybridized carbons (Fsp3) is 0.375. The van der Waals surface area contributed by atoms with E-state index in [9.17, 15) is 5.11 Å². The van der Waals surface area contributed by atoms with Crippen LogP contribution in [0.25, 0.3) is 21.9 Å². The van der Waals surface area contributed by atoms with Crippen LogP contribution >= 0.6 is 0 Å². The number of nitrogens with zero attached hydrogens (tertiary/aromatic N) is 3. The average Bonchev–Trinajstić information content (AvgIpc) is 2.75. The quantitative estimate of drug-likeness (QED) is 0.795. The van der Waals surface area contributed by atoms with Crippen LogP contribution in [0.1, 0.15) is 26.6 Å². The van der Waals surface area contributed by atoms with Crippen molar-refractivity contribution in [1.29, 1.82) is 0 Å². The summed E-state index contributed by atoms with van der Waals surface area (Å²) in [6.45, 7) is 6.25. The smallest absolute Gasteiger partial charge is 0.109 e. The van der Waals surface area contributed by atoms with Crippen molar-refractivity contribution in [2.24, 2.45) is 0 Å². The van der Waals surface area contributed by atoms with E-state index in [0.717, 1.165) is 34.2 Å². The summed E-state index contributed by atoms with van der Waals surface area (Å²) >= 11 is 0. The highest BCUT2D eigenvalue weighted by Gasteiger charge is 2.19. The molecule has 0 fully saturated rings. The van der Waals surface area contributed by atoms with Crippen molar-refractivity contribution >= 4 is 21.9 Å². The molecule has 1 aromatic carbocycles. The second-order valence-corrected chi connectivity index (χ2v) is 5.79. The summed E-state index contributed by atoms with van der Waals surface area (Å²) in [7, 11) is 0. The molecule has 1 N–H and O–H groups in total. The van der Waals surface area contributed by atoms with Crippen molar-refractivity contribution < 1.29 is 5.11 Å². The molecule has 0 radical (unpaired) electrons. The molecule has 0 aliphatic carbocycles. The Balaban J connectivity index is 2.37. The van der Waals surface area contributed by atoms with Crippen LogP contribution in [0.2, 0.25) is 0 Å². The molecular formula is C16H19N3O. The Kier molecular flexibility index (Phi) is 2.98. The molecule has 4 nitrogen and oxygen atoms in total. The van der Waals surface area contributed by atoms with Gasteiger partial charge in [0.25, 0.3) is 0 Å². The number of pyridine rings is 1. The van der Waals surface area contributed by atoms with Crippen LogP contribution in [0.3, 0.4) is 0 Å². The molecule has 104 valence electrons. The van der Waals surface area contributed by atoms with Gasteiger partial charge < -0.3 is 9.67 Å². The van der Waals surface area contributed by atoms with Gasteiger partial charge in [-0.3, -0.25) is 4.98 Å². The van der Waals surface area contributed by atoms with E-state index in [2.05, 4.69) is 27.5 Å². The summed E-state index contributed by atoms with van der Waals surface area (Å²) in [5.74, 6) is 0.986. The maximum absolute atomic E-state index is 10.2. The highest BCUT2D eigenvalue weighted by atomic mass is 16.3. The lowest BCUT2D eigenvalue weighted by Gasteiger charge is -2.20. The van der Waals surface area contributed by atoms with E-state index >= 15 is 0 Å². The Labute approximate surface area is 118 Å². The highest BCUT2D eigenvalue weighted by Crippen LogP contribution is 2.26. The van der Waals surface area contributed by atoms with Crippen LogP contribution in [-0.2, 0) is 13.0 Å². The number of fused-ring (bicyclic) bond motifs is 3. The van der Waals surface area contributed by atoms with Crippen LogP contribution in [0.5, 0.6) is 0 Å². The van der Waals surface area contributed by atoms with E-state index in [1.807, 2.05) is 38.2 Å². The first-order chi connectivity index (χ1) is 9.49. The van der Waals surface area contributed by atoms with E-state index in [1.165, 1.54) is 0 Å². The van der Waals surface area contributed by atoms with Crippen molar-refractivity contribution in [2.45, 2.75) is 39.3 Å². The molecule has 0 atom stereocenters. The molecule has 0 aliphatic heterocycles. The number of rotatable bonds is 3. The second-order valence-electron chi connectivity index (χ2n) is 5.79. The molecule has 2 heterocycles. The van der Waals surface area contributed by atoms with Crippen LogP contribution in [0.15, 0.2) is 30.5 Å². The Morgan fingerprint density at radius 2 is 1.95 bits per heavy atom. The predicted molar refractivity (Wildman–Crippen MR) is 80.7 cm³/mol. The number of aliphatic hydroxyl groups is 1. The Morgan fingerprint density at radius 1 is 1.20 bits per heavy atom. The summed E-state index contributed by atoms with van der Waals surface area (Å²) in [4.78, 5) is 9.11. The summed E-state index contributed by atoms with van der Waals surface area (Å²) in [5, 5.41) is 11.3. The summed E-state index contributed by atoms with van der Waals surface area (Å²) < 4.78 is 2.12. The highest BCUT2D eigenvalue weighted by molar-refractivity contribution is 6.02. The van der Waals surface area contributed by atoms with E-state index in [1.54, 1.807) is 0 Å². The summed E-state index contributed by atoms with van der Waals surface area (Å²) in [6, 6.07) is 8.06. The Bertz CT molecular complexity index is 768. The van der Waals surface area contributed by atoms with E-state index < -0.39 is 5.60 Å². The number of aromatic nitrogens is 3. The first-order valence-electron chi connectivity index (χ1n) is 6.95. The SMILES string of the molecule is CCc1nc2cnc3ccccc3c2n1CC(C)(C)O. The lowest BCUT2D eigenvalue weighted by Crippen LogP contribution is -2.27. The minimum atomic E-state index is -0.776. The number of benzene rings is 1. The normalized spacial score (nSPS) is 12.4. The minimum absolute atomic E-state index is 0.528. The molecule has 0 unspecified atom stereocenters. The molecule has 0 saturated heterocycles. The molecule has 20 heavy (non-hydrogen) atoms. The molecule has 0 spiro atoms. The number of aryl methyl sites for hydroxylation is 1. The Hall–Kier alpha value is -1.94. The van der Waals surface area contributed by atoms with E-state index in [4.69, 9.17) is 0 Å². The van der Waals surface area contributed by atoms with Gasteiger partial charge in [0.05, 0.1) is 29.4 Å². The van der Waals surface area contributed by atoms with Crippen LogP contribution in [-0.4, -0.2) is 25.2 Å². The van der Waals surface area contributed by atoms with Crippen LogP contribution in [0.4, 0.5) is 0 Å². The lowest BCUT2D eigenvalue weighted by atomic mass is 10.1. The van der Waals surface area contributed by atoms with Crippen LogP contribution < -0.4 is 0 Å². The molecule has 0 saturated carbocycles. The van der Waals surface area contributed by atoms with Gasteiger partial charge in [0.2, 0.25) is 0 Å². The molecule has 3 rings (SSSR count). The lowest BCUT2D eigenvalue weighted by molar-refractivity contribution is 0.0619. The third-order valence-electron chi connectivity index (χ3n) is 3.42. The monoisotopic (exact) mass is 269 g/mol. The standard InChI is InChI=1S/C16H19N3O/c1-4-14-18-13-9-17-12-8-6-5-7-11(12)15(13)19(14)10-16(2,3)20/h5-9,20H,4,10H2,1-3H3. The number of hydrogen-bond donors (Lipinski definition) is 1. The van der Waals surface area contributed by atoms with E-state index in [-0.39, 0.29) is 0 Å². The summed E-state index contributed by atoms with van der Waals surface area (Å²) in [5.41, 5.74) is 2.14. The Morgan fingerprint density at radius 3 is 2.65 bits per heavy atom. The average molecular weight is 269 g/mol. The van der Waals surface area contributed by atoms with E-state index in [0.29, 0.717) is 6.54 Å². The maximum Gasteiger partial charge on any atom is 0.109 e. The van der Waals surface area contributed by atoms with Gasteiger partial charge >= 0.3 is 0 Å². The molecule has 2 aromatic heterocycles. The largest absolute Gasteiger partial charge is 0.389 e. The number of para-hydroxylation sites is 1. The van der Waals surface area contributed by atoms with Gasteiger partial charge in [0.15, 0.2) is 0 Å². The predicted octanol–water partition coefficient (Wildman–Crippen LogP) is 2.92. The van der Waals surface area contributed by atoms with Gasteiger partial charge in [-0.05, 0) is 19.9 Å². The zero-order valence-corrected chi connectivity index (χ0v) is 12.1. The number of hydrogen-bond acceptors (Lipinski definition) is 3. The molecule has 3 aromatic rings. The minimum Gasteiger partial charge on any atom is -0.389 e. The van der Waals surface area contributed by atoms with Crippen molar-refractivity contribution in [3.63, 3.8) is 0 Å². The van der Waals surface area contributed by atoms with Gasteiger partial charge in [0.1, 0.15) is 11.3 Å².